The Morgan fingerprint density at radius 3 is 2.18 bits per heavy atom. The minimum absolute atomic E-state index is 0.171. The molecule has 16 heteroatoms. The Labute approximate surface area is 229 Å². The van der Waals surface area contributed by atoms with Gasteiger partial charge in [0.1, 0.15) is 0 Å². The zero-order chi connectivity index (χ0) is 29.0. The van der Waals surface area contributed by atoms with Crippen molar-refractivity contribution in [2.45, 2.75) is 45.0 Å². The Balaban J connectivity index is 2.89. The Bertz CT molecular complexity index is 996. The summed E-state index contributed by atoms with van der Waals surface area (Å²) < 4.78 is 19.4. The normalized spacial score (nSPS) is 14.2. The number of nitrogens with one attached hydrogen (secondary N) is 4. The minimum atomic E-state index is -3.26. The molecule has 0 aromatic heterocycles. The number of amides is 4. The van der Waals surface area contributed by atoms with Crippen molar-refractivity contribution in [1.82, 2.24) is 16.0 Å². The summed E-state index contributed by atoms with van der Waals surface area (Å²) in [7, 11) is 0. The van der Waals surface area contributed by atoms with Crippen molar-refractivity contribution in [1.29, 1.82) is 0 Å². The molecule has 0 radical (unpaired) electrons. The SMILES string of the molecule is CC(C)C(N)C(=O)NC(C(=O)NC(CSCC(=O)Nc1ccccc1[As](O)O)C(=O)NCC(=O)O)C(C)O. The van der Waals surface area contributed by atoms with Gasteiger partial charge in [-0.1, -0.05) is 13.8 Å². The number of rotatable bonds is 15. The van der Waals surface area contributed by atoms with Gasteiger partial charge in [-0.2, -0.15) is 0 Å². The van der Waals surface area contributed by atoms with E-state index in [1.54, 1.807) is 26.0 Å². The van der Waals surface area contributed by atoms with Gasteiger partial charge in [-0.15, -0.1) is 0 Å². The van der Waals surface area contributed by atoms with Gasteiger partial charge in [-0.3, -0.25) is 9.59 Å². The average Bonchev–Trinajstić information content (AvgIpc) is 2.84. The number of aliphatic hydroxyl groups is 1. The molecule has 0 spiro atoms. The van der Waals surface area contributed by atoms with Crippen LogP contribution >= 0.6 is 11.8 Å². The standard InChI is InChI=1S/C22H34AsN5O9S/c1-11(2)18(24)21(34)28-19(12(3)29)22(35)27-15(20(33)25-8-17(31)32)9-38-10-16(30)26-14-7-5-4-6-13(14)23(36)37/h4-7,11-12,15,18-19,29,36-37H,8-10,24H2,1-3H3,(H,25,33)(H,26,30)(H,27,35)(H,28,34)(H,31,32). The van der Waals surface area contributed by atoms with Crippen LogP contribution in [0.5, 0.6) is 0 Å². The molecule has 212 valence electrons. The Morgan fingerprint density at radius 2 is 1.63 bits per heavy atom. The van der Waals surface area contributed by atoms with E-state index in [9.17, 15) is 37.3 Å². The molecule has 0 fully saturated rings. The van der Waals surface area contributed by atoms with Crippen LogP contribution in [0.4, 0.5) is 5.69 Å². The Morgan fingerprint density at radius 1 is 1.00 bits per heavy atom. The molecule has 10 N–H and O–H groups in total. The zero-order valence-corrected chi connectivity index (χ0v) is 23.8. The van der Waals surface area contributed by atoms with E-state index >= 15 is 0 Å². The second-order valence-electron chi connectivity index (χ2n) is 8.54. The second-order valence-corrected chi connectivity index (χ2v) is 11.8. The summed E-state index contributed by atoms with van der Waals surface area (Å²) in [5.74, 6) is -4.92. The number of nitrogens with two attached hydrogens (primary N) is 1. The smallest absolute Gasteiger partial charge is 0.480 e. The van der Waals surface area contributed by atoms with E-state index in [1.165, 1.54) is 19.1 Å². The summed E-state index contributed by atoms with van der Waals surface area (Å²) in [5.41, 5.74) is 6.03. The van der Waals surface area contributed by atoms with Crippen molar-refractivity contribution >= 4 is 66.7 Å². The average molecular weight is 620 g/mol. The van der Waals surface area contributed by atoms with Crippen molar-refractivity contribution in [3.05, 3.63) is 24.3 Å². The summed E-state index contributed by atoms with van der Waals surface area (Å²) in [6.07, 6.45) is -1.36. The van der Waals surface area contributed by atoms with Gasteiger partial charge in [0, 0.05) is 0 Å². The number of aliphatic hydroxyl groups excluding tert-OH is 1. The zero-order valence-electron chi connectivity index (χ0n) is 21.1. The van der Waals surface area contributed by atoms with Gasteiger partial charge in [0.2, 0.25) is 5.91 Å². The van der Waals surface area contributed by atoms with Gasteiger partial charge in [0.25, 0.3) is 0 Å². The van der Waals surface area contributed by atoms with Crippen molar-refractivity contribution in [3.8, 4) is 0 Å². The first-order valence-corrected chi connectivity index (χ1v) is 15.2. The molecule has 0 aliphatic rings. The molecule has 4 atom stereocenters. The quantitative estimate of drug-likeness (QED) is 0.0876. The van der Waals surface area contributed by atoms with Gasteiger partial charge in [-0.05, 0) is 12.8 Å². The molecule has 1 rings (SSSR count). The summed E-state index contributed by atoms with van der Waals surface area (Å²) in [5, 5.41) is 28.3. The summed E-state index contributed by atoms with van der Waals surface area (Å²) in [6, 6.07) is 2.45. The molecule has 0 bridgehead atoms. The third-order valence-corrected chi connectivity index (χ3v) is 7.80. The topological polar surface area (TPSA) is 240 Å². The maximum absolute atomic E-state index is 12.9. The first kappa shape index (κ1) is 33.3. The van der Waals surface area contributed by atoms with Crippen molar-refractivity contribution in [3.63, 3.8) is 0 Å². The summed E-state index contributed by atoms with van der Waals surface area (Å²) >= 11 is -2.32. The number of thioether (sulfide) groups is 1. The fourth-order valence-electron chi connectivity index (χ4n) is 2.90. The fraction of sp³-hybridized carbons (Fsp3) is 0.500. The van der Waals surface area contributed by atoms with Crippen LogP contribution in [0.15, 0.2) is 24.3 Å². The van der Waals surface area contributed by atoms with Crippen LogP contribution < -0.4 is 31.4 Å². The third kappa shape index (κ3) is 11.4. The number of para-hydroxylation sites is 1. The number of carbonyl (C=O) groups is 5. The van der Waals surface area contributed by atoms with Crippen LogP contribution in [-0.4, -0.2) is 106 Å². The van der Waals surface area contributed by atoms with E-state index in [1.807, 2.05) is 0 Å². The molecule has 38 heavy (non-hydrogen) atoms. The number of carboxylic acids is 1. The molecular weight excluding hydrogens is 585 g/mol. The van der Waals surface area contributed by atoms with Crippen molar-refractivity contribution < 1.29 is 42.4 Å². The fourth-order valence-corrected chi connectivity index (χ4v) is 4.93. The van der Waals surface area contributed by atoms with Crippen molar-refractivity contribution in [2.75, 3.05) is 23.4 Å². The predicted molar refractivity (Wildman–Crippen MR) is 141 cm³/mol. The first-order valence-electron chi connectivity index (χ1n) is 11.4. The van der Waals surface area contributed by atoms with Crippen LogP contribution in [0, 0.1) is 5.92 Å². The Hall–Kier alpha value is -2.68. The molecule has 4 unspecified atom stereocenters. The van der Waals surface area contributed by atoms with E-state index < -0.39 is 75.7 Å². The molecule has 0 aliphatic carbocycles. The van der Waals surface area contributed by atoms with Gasteiger partial charge in [-0.25, -0.2) is 0 Å². The van der Waals surface area contributed by atoms with Crippen LogP contribution in [0.2, 0.25) is 0 Å². The van der Waals surface area contributed by atoms with E-state index in [0.717, 1.165) is 11.8 Å². The molecule has 0 saturated heterocycles. The van der Waals surface area contributed by atoms with Crippen LogP contribution in [0.1, 0.15) is 20.8 Å². The molecule has 0 aliphatic heterocycles. The number of hydrogen-bond acceptors (Lipinski definition) is 10. The van der Waals surface area contributed by atoms with Crippen LogP contribution in [0.25, 0.3) is 0 Å². The molecule has 0 heterocycles. The van der Waals surface area contributed by atoms with Crippen LogP contribution in [-0.2, 0) is 24.0 Å². The summed E-state index contributed by atoms with van der Waals surface area (Å²) in [6.45, 7) is 3.93. The van der Waals surface area contributed by atoms with Gasteiger partial charge < -0.3 is 15.9 Å². The van der Waals surface area contributed by atoms with E-state index in [0.29, 0.717) is 0 Å². The Kier molecular flexibility index (Phi) is 14.3. The molecule has 14 nitrogen and oxygen atoms in total. The number of aliphatic carboxylic acids is 1. The predicted octanol–water partition coefficient (Wildman–Crippen LogP) is -3.43. The number of anilines is 1. The van der Waals surface area contributed by atoms with Gasteiger partial charge >= 0.3 is 165 Å². The number of hydrogen-bond donors (Lipinski definition) is 9. The van der Waals surface area contributed by atoms with E-state index in [-0.39, 0.29) is 27.5 Å². The third-order valence-electron chi connectivity index (χ3n) is 5.04. The molecular formula is C22H34AsN5O9S. The molecule has 1 aromatic carbocycles. The van der Waals surface area contributed by atoms with Gasteiger partial charge in [0.05, 0.1) is 6.04 Å². The minimum Gasteiger partial charge on any atom is -0.480 e. The van der Waals surface area contributed by atoms with Gasteiger partial charge in [0.15, 0.2) is 0 Å². The van der Waals surface area contributed by atoms with Crippen LogP contribution in [0.3, 0.4) is 0 Å². The number of carboxylic acid groups (broad SMARTS) is 1. The molecule has 1 aromatic rings. The molecule has 4 amide bonds. The van der Waals surface area contributed by atoms with E-state index in [4.69, 9.17) is 10.8 Å². The van der Waals surface area contributed by atoms with Crippen molar-refractivity contribution in [2.24, 2.45) is 11.7 Å². The maximum atomic E-state index is 12.9. The second kappa shape index (κ2) is 16.3. The number of benzene rings is 1. The molecule has 0 saturated carbocycles. The number of carbonyl (C=O) groups excluding carboxylic acids is 4. The first-order chi connectivity index (χ1) is 17.7. The monoisotopic (exact) mass is 619 g/mol. The summed E-state index contributed by atoms with van der Waals surface area (Å²) in [4.78, 5) is 61.0. The van der Waals surface area contributed by atoms with E-state index in [2.05, 4.69) is 21.3 Å².